The highest BCUT2D eigenvalue weighted by Gasteiger charge is 2.17. The number of rotatable bonds is 51. The first-order valence-electron chi connectivity index (χ1n) is 28.4. The van der Waals surface area contributed by atoms with Crippen molar-refractivity contribution in [2.45, 2.75) is 258 Å². The number of hydrogen-bond acceptors (Lipinski definition) is 5. The normalized spacial score (nSPS) is 13.0. The molecule has 0 radical (unpaired) electrons. The fraction of sp³-hybridized carbons (Fsp3) is 0.683. The number of esters is 2. The summed E-state index contributed by atoms with van der Waals surface area (Å²) < 4.78 is 17.4. The number of ether oxygens (including phenoxy) is 3. The van der Waals surface area contributed by atoms with Gasteiger partial charge in [-0.15, -0.1) is 0 Å². The molecule has 0 aromatic rings. The molecule has 5 nitrogen and oxygen atoms in total. The highest BCUT2D eigenvalue weighted by atomic mass is 16.6. The Bertz CT molecular complexity index is 1340. The van der Waals surface area contributed by atoms with E-state index in [1.54, 1.807) is 0 Å². The van der Waals surface area contributed by atoms with Gasteiger partial charge >= 0.3 is 11.9 Å². The number of allylic oxidation sites excluding steroid dienone is 17. The van der Waals surface area contributed by atoms with Gasteiger partial charge in [0.2, 0.25) is 0 Å². The summed E-state index contributed by atoms with van der Waals surface area (Å²) in [5.41, 5.74) is 0. The predicted octanol–water partition coefficient (Wildman–Crippen LogP) is 19.6. The summed E-state index contributed by atoms with van der Waals surface area (Å²) in [5.74, 6) is -0.550. The monoisotopic (exact) mass is 943 g/mol. The molecule has 0 rings (SSSR count). The molecule has 0 bridgehead atoms. The third-order valence-corrected chi connectivity index (χ3v) is 11.8. The summed E-state index contributed by atoms with van der Waals surface area (Å²) in [6, 6.07) is 0. The molecule has 0 saturated carbocycles. The lowest BCUT2D eigenvalue weighted by atomic mass is 10.1. The van der Waals surface area contributed by atoms with Gasteiger partial charge in [0.1, 0.15) is 6.61 Å². The van der Waals surface area contributed by atoms with E-state index in [1.165, 1.54) is 135 Å². The molecular weight excluding hydrogens is 837 g/mol. The molecule has 0 aliphatic rings. The Balaban J connectivity index is 4.38. The second kappa shape index (κ2) is 57.9. The maximum atomic E-state index is 12.8. The lowest BCUT2D eigenvalue weighted by molar-refractivity contribution is -0.162. The molecule has 0 spiro atoms. The zero-order chi connectivity index (χ0) is 49.2. The highest BCUT2D eigenvalue weighted by molar-refractivity contribution is 5.71. The number of carbonyl (C=O) groups excluding carboxylic acids is 2. The van der Waals surface area contributed by atoms with Gasteiger partial charge in [0, 0.05) is 13.0 Å². The fourth-order valence-electron chi connectivity index (χ4n) is 7.65. The average molecular weight is 944 g/mol. The topological polar surface area (TPSA) is 61.8 Å². The van der Waals surface area contributed by atoms with E-state index in [4.69, 9.17) is 14.2 Å². The van der Waals surface area contributed by atoms with E-state index >= 15 is 0 Å². The molecule has 0 aromatic carbocycles. The minimum Gasteiger partial charge on any atom is -0.462 e. The van der Waals surface area contributed by atoms with Gasteiger partial charge in [-0.3, -0.25) is 9.59 Å². The third-order valence-electron chi connectivity index (χ3n) is 11.8. The lowest BCUT2D eigenvalue weighted by Gasteiger charge is -2.18. The molecule has 0 amide bonds. The molecule has 5 heteroatoms. The van der Waals surface area contributed by atoms with Crippen molar-refractivity contribution < 1.29 is 23.8 Å². The van der Waals surface area contributed by atoms with Crippen molar-refractivity contribution in [2.75, 3.05) is 19.8 Å². The van der Waals surface area contributed by atoms with Crippen LogP contribution in [0.3, 0.4) is 0 Å². The van der Waals surface area contributed by atoms with Crippen molar-refractivity contribution in [2.24, 2.45) is 0 Å². The van der Waals surface area contributed by atoms with Crippen LogP contribution in [0.1, 0.15) is 252 Å². The molecule has 0 aliphatic heterocycles. The van der Waals surface area contributed by atoms with Gasteiger partial charge < -0.3 is 14.2 Å². The molecule has 0 aliphatic carbocycles. The smallest absolute Gasteiger partial charge is 0.310 e. The third kappa shape index (κ3) is 55.2. The quantitative estimate of drug-likeness (QED) is 0.0345. The summed E-state index contributed by atoms with van der Waals surface area (Å²) in [4.78, 5) is 25.4. The van der Waals surface area contributed by atoms with Crippen molar-refractivity contribution in [3.63, 3.8) is 0 Å². The average Bonchev–Trinajstić information content (AvgIpc) is 3.34. The first kappa shape index (κ1) is 64.6. The second-order valence-corrected chi connectivity index (χ2v) is 18.4. The Labute approximate surface area is 421 Å². The van der Waals surface area contributed by atoms with Gasteiger partial charge in [0.05, 0.1) is 13.0 Å². The van der Waals surface area contributed by atoms with E-state index in [1.807, 2.05) is 12.2 Å². The summed E-state index contributed by atoms with van der Waals surface area (Å²) in [7, 11) is 0. The first-order valence-corrected chi connectivity index (χ1v) is 28.4. The molecule has 1 unspecified atom stereocenters. The lowest BCUT2D eigenvalue weighted by Crippen LogP contribution is -2.29. The van der Waals surface area contributed by atoms with E-state index in [2.05, 4.69) is 118 Å². The SMILES string of the molecule is CC/C=C\C/C=C\C/C=C\C/C=C\C/C=C\CC(=O)OC(COCCCCCCCCCC/C=C\C/C=C\C/C=C\CC)COC(=O)CCCCCCCCCCC/C=C\CCCCCCCC. The van der Waals surface area contributed by atoms with Gasteiger partial charge in [-0.2, -0.15) is 0 Å². The number of hydrogen-bond donors (Lipinski definition) is 0. The van der Waals surface area contributed by atoms with Crippen LogP contribution < -0.4 is 0 Å². The van der Waals surface area contributed by atoms with Crippen molar-refractivity contribution in [3.05, 3.63) is 109 Å². The maximum absolute atomic E-state index is 12.8. The Morgan fingerprint density at radius 2 is 0.706 bits per heavy atom. The van der Waals surface area contributed by atoms with Crippen LogP contribution in [0.25, 0.3) is 0 Å². The van der Waals surface area contributed by atoms with E-state index in [0.717, 1.165) is 83.5 Å². The van der Waals surface area contributed by atoms with E-state index < -0.39 is 6.10 Å². The first-order chi connectivity index (χ1) is 33.6. The van der Waals surface area contributed by atoms with Crippen LogP contribution in [0.15, 0.2) is 109 Å². The molecule has 388 valence electrons. The van der Waals surface area contributed by atoms with Gasteiger partial charge in [-0.05, 0) is 103 Å². The van der Waals surface area contributed by atoms with E-state index in [9.17, 15) is 9.59 Å². The van der Waals surface area contributed by atoms with Crippen LogP contribution in [0.2, 0.25) is 0 Å². The van der Waals surface area contributed by atoms with Crippen LogP contribution in [0.5, 0.6) is 0 Å². The van der Waals surface area contributed by atoms with Crippen molar-refractivity contribution >= 4 is 11.9 Å². The molecule has 0 aromatic heterocycles. The van der Waals surface area contributed by atoms with Crippen LogP contribution in [-0.4, -0.2) is 37.9 Å². The Morgan fingerprint density at radius 1 is 0.353 bits per heavy atom. The summed E-state index contributed by atoms with van der Waals surface area (Å²) in [6.07, 6.45) is 79.9. The van der Waals surface area contributed by atoms with Crippen LogP contribution in [-0.2, 0) is 23.8 Å². The molecule has 0 saturated heterocycles. The maximum Gasteiger partial charge on any atom is 0.310 e. The molecule has 0 N–H and O–H groups in total. The molecule has 68 heavy (non-hydrogen) atoms. The van der Waals surface area contributed by atoms with Crippen LogP contribution >= 0.6 is 0 Å². The minimum absolute atomic E-state index is 0.0366. The van der Waals surface area contributed by atoms with Gasteiger partial charge in [0.25, 0.3) is 0 Å². The van der Waals surface area contributed by atoms with Crippen molar-refractivity contribution in [1.82, 2.24) is 0 Å². The molecule has 0 heterocycles. The predicted molar refractivity (Wildman–Crippen MR) is 297 cm³/mol. The highest BCUT2D eigenvalue weighted by Crippen LogP contribution is 2.14. The molecular formula is C63H106O5. The van der Waals surface area contributed by atoms with Crippen LogP contribution in [0.4, 0.5) is 0 Å². The zero-order valence-electron chi connectivity index (χ0n) is 44.6. The zero-order valence-corrected chi connectivity index (χ0v) is 44.6. The Hall–Kier alpha value is -3.44. The number of unbranched alkanes of at least 4 members (excludes halogenated alkanes) is 23. The van der Waals surface area contributed by atoms with Gasteiger partial charge in [0.15, 0.2) is 6.10 Å². The van der Waals surface area contributed by atoms with Gasteiger partial charge in [-0.1, -0.05) is 246 Å². The standard InChI is InChI=1S/C63H106O5/c1-4-7-10-13-16-19-22-25-28-30-32-33-36-38-41-44-47-50-53-56-62(64)67-60-61(68-63(65)57-54-51-48-45-42-39-35-27-24-21-18-15-12-9-6-3)59-66-58-55-52-49-46-43-40-37-34-31-29-26-23-20-17-14-11-8-5-2/h8-9,11-12,17-18,20-21,25-29,35,42,45,51,54,61H,4-7,10,13-16,19,22-24,30-34,36-41,43-44,46-50,52-53,55-60H2,1-3H3/b11-8-,12-9-,20-17-,21-18-,28-25-,29-26-,35-27-,45-42-,54-51-. The largest absolute Gasteiger partial charge is 0.462 e. The van der Waals surface area contributed by atoms with Gasteiger partial charge in [-0.25, -0.2) is 0 Å². The Morgan fingerprint density at radius 3 is 1.15 bits per heavy atom. The summed E-state index contributed by atoms with van der Waals surface area (Å²) in [5, 5.41) is 0. The van der Waals surface area contributed by atoms with Crippen LogP contribution in [0, 0.1) is 0 Å². The van der Waals surface area contributed by atoms with E-state index in [-0.39, 0.29) is 31.6 Å². The number of carbonyl (C=O) groups is 2. The fourth-order valence-corrected chi connectivity index (χ4v) is 7.65. The van der Waals surface area contributed by atoms with Crippen molar-refractivity contribution in [3.8, 4) is 0 Å². The summed E-state index contributed by atoms with van der Waals surface area (Å²) >= 11 is 0. The second-order valence-electron chi connectivity index (χ2n) is 18.4. The summed E-state index contributed by atoms with van der Waals surface area (Å²) in [6.45, 7) is 7.49. The Kier molecular flexibility index (Phi) is 54.9. The van der Waals surface area contributed by atoms with Crippen molar-refractivity contribution in [1.29, 1.82) is 0 Å². The van der Waals surface area contributed by atoms with E-state index in [0.29, 0.717) is 13.0 Å². The minimum atomic E-state index is -0.602. The molecule has 1 atom stereocenters. The molecule has 0 fully saturated rings.